The molecule has 1 N–H and O–H groups in total. The van der Waals surface area contributed by atoms with Gasteiger partial charge in [0.05, 0.1) is 13.1 Å². The molecule has 2 aromatic carbocycles. The lowest BCUT2D eigenvalue weighted by Gasteiger charge is -2.19. The number of rotatable bonds is 6. The Hall–Kier alpha value is -3.02. The van der Waals surface area contributed by atoms with Crippen LogP contribution < -0.4 is 15.0 Å². The molecule has 6 heteroatoms. The van der Waals surface area contributed by atoms with Crippen molar-refractivity contribution in [2.45, 2.75) is 26.2 Å². The Morgan fingerprint density at radius 1 is 1.11 bits per heavy atom. The zero-order valence-corrected chi connectivity index (χ0v) is 16.5. The summed E-state index contributed by atoms with van der Waals surface area (Å²) in [6.07, 6.45) is -0.357. The summed E-state index contributed by atoms with van der Waals surface area (Å²) in [6, 6.07) is 14.9. The molecule has 0 unspecified atom stereocenters. The Balaban J connectivity index is 1.45. The summed E-state index contributed by atoms with van der Waals surface area (Å²) in [4.78, 5) is 25.3. The van der Waals surface area contributed by atoms with Crippen LogP contribution in [0.15, 0.2) is 48.5 Å². The maximum atomic E-state index is 12.2. The smallest absolute Gasteiger partial charge is 0.414 e. The van der Waals surface area contributed by atoms with E-state index in [1.807, 2.05) is 12.1 Å². The second-order valence-electron chi connectivity index (χ2n) is 7.69. The number of benzene rings is 2. The number of cyclic esters (lactones) is 1. The van der Waals surface area contributed by atoms with E-state index in [1.165, 1.54) is 5.56 Å². The summed E-state index contributed by atoms with van der Waals surface area (Å²) in [5.74, 6) is 0.603. The summed E-state index contributed by atoms with van der Waals surface area (Å²) in [7, 11) is 0. The average Bonchev–Trinajstić information content (AvgIpc) is 3.11. The molecule has 1 saturated heterocycles. The molecule has 0 saturated carbocycles. The largest absolute Gasteiger partial charge is 0.492 e. The van der Waals surface area contributed by atoms with E-state index < -0.39 is 0 Å². The van der Waals surface area contributed by atoms with E-state index >= 15 is 0 Å². The Kier molecular flexibility index (Phi) is 5.87. The van der Waals surface area contributed by atoms with Crippen molar-refractivity contribution in [2.75, 3.05) is 31.2 Å². The number of hydrogen-bond donors (Lipinski definition) is 1. The molecule has 0 spiro atoms. The van der Waals surface area contributed by atoms with Gasteiger partial charge >= 0.3 is 6.09 Å². The third-order valence-electron chi connectivity index (χ3n) is 4.58. The second kappa shape index (κ2) is 8.33. The van der Waals surface area contributed by atoms with E-state index in [1.54, 1.807) is 29.2 Å². The monoisotopic (exact) mass is 382 g/mol. The third kappa shape index (κ3) is 4.82. The Labute approximate surface area is 165 Å². The van der Waals surface area contributed by atoms with Crippen LogP contribution in [0, 0.1) is 0 Å². The standard InChI is InChI=1S/C22H26N2O4/c1-22(2,3)17-6-10-19(11-7-17)27-14-12-23-20(25)16-4-8-18(9-5-16)24-13-15-28-21(24)26/h4-11H,12-15H2,1-3H3,(H,23,25). The number of nitrogens with one attached hydrogen (secondary N) is 1. The molecule has 2 amide bonds. The molecule has 3 rings (SSSR count). The highest BCUT2D eigenvalue weighted by atomic mass is 16.6. The van der Waals surface area contributed by atoms with Gasteiger partial charge in [0.2, 0.25) is 0 Å². The van der Waals surface area contributed by atoms with E-state index in [9.17, 15) is 9.59 Å². The highest BCUT2D eigenvalue weighted by molar-refractivity contribution is 5.95. The van der Waals surface area contributed by atoms with Gasteiger partial charge in [-0.1, -0.05) is 32.9 Å². The Bertz CT molecular complexity index is 823. The minimum absolute atomic E-state index is 0.108. The van der Waals surface area contributed by atoms with E-state index in [2.05, 4.69) is 38.2 Å². The van der Waals surface area contributed by atoms with Crippen LogP contribution in [-0.4, -0.2) is 38.3 Å². The molecular formula is C22H26N2O4. The summed E-state index contributed by atoms with van der Waals surface area (Å²) in [5.41, 5.74) is 2.61. The quantitative estimate of drug-likeness (QED) is 0.773. The van der Waals surface area contributed by atoms with Crippen molar-refractivity contribution in [3.63, 3.8) is 0 Å². The minimum atomic E-state index is -0.357. The Morgan fingerprint density at radius 3 is 2.36 bits per heavy atom. The van der Waals surface area contributed by atoms with Gasteiger partial charge < -0.3 is 14.8 Å². The molecule has 28 heavy (non-hydrogen) atoms. The minimum Gasteiger partial charge on any atom is -0.492 e. The van der Waals surface area contributed by atoms with Gasteiger partial charge in [-0.15, -0.1) is 0 Å². The van der Waals surface area contributed by atoms with Gasteiger partial charge in [0.25, 0.3) is 5.91 Å². The lowest BCUT2D eigenvalue weighted by Crippen LogP contribution is -2.28. The molecule has 6 nitrogen and oxygen atoms in total. The van der Waals surface area contributed by atoms with Gasteiger partial charge in [0.1, 0.15) is 19.0 Å². The van der Waals surface area contributed by atoms with Crippen LogP contribution in [0.3, 0.4) is 0 Å². The fourth-order valence-corrected chi connectivity index (χ4v) is 2.91. The van der Waals surface area contributed by atoms with Crippen molar-refractivity contribution in [2.24, 2.45) is 0 Å². The number of carbonyl (C=O) groups excluding carboxylic acids is 2. The van der Waals surface area contributed by atoms with Gasteiger partial charge in [0.15, 0.2) is 0 Å². The number of nitrogens with zero attached hydrogens (tertiary/aromatic N) is 1. The molecule has 1 aliphatic heterocycles. The van der Waals surface area contributed by atoms with Crippen LogP contribution >= 0.6 is 0 Å². The topological polar surface area (TPSA) is 67.9 Å². The SMILES string of the molecule is CC(C)(C)c1ccc(OCCNC(=O)c2ccc(N3CCOC3=O)cc2)cc1. The van der Waals surface area contributed by atoms with Crippen molar-refractivity contribution in [3.05, 3.63) is 59.7 Å². The molecule has 1 fully saturated rings. The highest BCUT2D eigenvalue weighted by Gasteiger charge is 2.23. The molecule has 0 aromatic heterocycles. The second-order valence-corrected chi connectivity index (χ2v) is 7.69. The predicted molar refractivity (Wildman–Crippen MR) is 108 cm³/mol. The molecule has 1 heterocycles. The van der Waals surface area contributed by atoms with E-state index in [0.29, 0.717) is 31.9 Å². The molecule has 148 valence electrons. The van der Waals surface area contributed by atoms with Gasteiger partial charge in [-0.2, -0.15) is 0 Å². The number of hydrogen-bond acceptors (Lipinski definition) is 4. The first-order valence-corrected chi connectivity index (χ1v) is 9.40. The number of amides is 2. The lowest BCUT2D eigenvalue weighted by molar-refractivity contribution is 0.0947. The van der Waals surface area contributed by atoms with E-state index in [4.69, 9.17) is 9.47 Å². The normalized spacial score (nSPS) is 14.0. The first-order chi connectivity index (χ1) is 13.3. The zero-order valence-electron chi connectivity index (χ0n) is 16.5. The highest BCUT2D eigenvalue weighted by Crippen LogP contribution is 2.24. The number of anilines is 1. The van der Waals surface area contributed by atoms with Gasteiger partial charge in [-0.25, -0.2) is 4.79 Å². The summed E-state index contributed by atoms with van der Waals surface area (Å²) < 4.78 is 10.6. The third-order valence-corrected chi connectivity index (χ3v) is 4.58. The number of ether oxygens (including phenoxy) is 2. The first kappa shape index (κ1) is 19.7. The molecule has 0 aliphatic carbocycles. The molecule has 0 radical (unpaired) electrons. The fourth-order valence-electron chi connectivity index (χ4n) is 2.91. The van der Waals surface area contributed by atoms with Crippen molar-refractivity contribution in [3.8, 4) is 5.75 Å². The molecule has 2 aromatic rings. The lowest BCUT2D eigenvalue weighted by atomic mass is 9.87. The molecule has 1 aliphatic rings. The first-order valence-electron chi connectivity index (χ1n) is 9.40. The van der Waals surface area contributed by atoms with Crippen molar-refractivity contribution in [1.29, 1.82) is 0 Å². The van der Waals surface area contributed by atoms with Gasteiger partial charge in [-0.05, 0) is 47.4 Å². The molecule has 0 bridgehead atoms. The fraction of sp³-hybridized carbons (Fsp3) is 0.364. The van der Waals surface area contributed by atoms with Crippen molar-refractivity contribution < 1.29 is 19.1 Å². The van der Waals surface area contributed by atoms with Crippen LogP contribution in [0.4, 0.5) is 10.5 Å². The van der Waals surface area contributed by atoms with Crippen molar-refractivity contribution >= 4 is 17.7 Å². The molecular weight excluding hydrogens is 356 g/mol. The maximum absolute atomic E-state index is 12.2. The predicted octanol–water partition coefficient (Wildman–Crippen LogP) is 3.75. The molecule has 0 atom stereocenters. The maximum Gasteiger partial charge on any atom is 0.414 e. The van der Waals surface area contributed by atoms with Crippen molar-refractivity contribution in [1.82, 2.24) is 5.32 Å². The summed E-state index contributed by atoms with van der Waals surface area (Å²) in [5, 5.41) is 2.83. The van der Waals surface area contributed by atoms with Gasteiger partial charge in [-0.3, -0.25) is 9.69 Å². The van der Waals surface area contributed by atoms with Crippen LogP contribution in [0.5, 0.6) is 5.75 Å². The summed E-state index contributed by atoms with van der Waals surface area (Å²) in [6.45, 7) is 8.21. The zero-order chi connectivity index (χ0) is 20.1. The Morgan fingerprint density at radius 2 is 1.79 bits per heavy atom. The van der Waals surface area contributed by atoms with Crippen LogP contribution in [0.1, 0.15) is 36.7 Å². The number of carbonyl (C=O) groups is 2. The van der Waals surface area contributed by atoms with Crippen LogP contribution in [0.2, 0.25) is 0 Å². The van der Waals surface area contributed by atoms with Crippen LogP contribution in [0.25, 0.3) is 0 Å². The average molecular weight is 382 g/mol. The van der Waals surface area contributed by atoms with E-state index in [-0.39, 0.29) is 17.4 Å². The van der Waals surface area contributed by atoms with Crippen LogP contribution in [-0.2, 0) is 10.2 Å². The van der Waals surface area contributed by atoms with Gasteiger partial charge in [0, 0.05) is 11.3 Å². The summed E-state index contributed by atoms with van der Waals surface area (Å²) >= 11 is 0. The van der Waals surface area contributed by atoms with E-state index in [0.717, 1.165) is 11.4 Å².